The zero-order valence-electron chi connectivity index (χ0n) is 13.2. The molecule has 0 aliphatic carbocycles. The number of aromatic nitrogens is 3. The number of aliphatic imine (C=N–C) groups is 1. The molecule has 0 bridgehead atoms. The minimum atomic E-state index is -1.15. The summed E-state index contributed by atoms with van der Waals surface area (Å²) in [5, 5.41) is 14.8. The average Bonchev–Trinajstić information content (AvgIpc) is 3.18. The minimum Gasteiger partial charge on any atom is -0.475 e. The molecule has 2 aromatic heterocycles. The van der Waals surface area contributed by atoms with Gasteiger partial charge < -0.3 is 5.11 Å². The summed E-state index contributed by atoms with van der Waals surface area (Å²) in [7, 11) is 0. The molecule has 3 heterocycles. The lowest BCUT2D eigenvalue weighted by molar-refractivity contribution is 0.0683. The fourth-order valence-corrected chi connectivity index (χ4v) is 4.04. The minimum absolute atomic E-state index is 0.219. The van der Waals surface area contributed by atoms with Gasteiger partial charge in [0.2, 0.25) is 0 Å². The number of aryl methyl sites for hydroxylation is 1. The Balaban J connectivity index is 1.95. The van der Waals surface area contributed by atoms with E-state index in [1.807, 2.05) is 24.3 Å². The van der Waals surface area contributed by atoms with E-state index in [9.17, 15) is 9.90 Å². The van der Waals surface area contributed by atoms with Gasteiger partial charge in [0.25, 0.3) is 5.82 Å². The van der Waals surface area contributed by atoms with E-state index in [0.29, 0.717) is 10.8 Å². The highest BCUT2D eigenvalue weighted by Gasteiger charge is 2.26. The lowest BCUT2D eigenvalue weighted by Gasteiger charge is -2.07. The van der Waals surface area contributed by atoms with Crippen LogP contribution in [0.4, 0.5) is 0 Å². The Morgan fingerprint density at radius 3 is 2.88 bits per heavy atom. The quantitative estimate of drug-likeness (QED) is 0.761. The summed E-state index contributed by atoms with van der Waals surface area (Å²) >= 11 is 7.94. The summed E-state index contributed by atoms with van der Waals surface area (Å²) in [5.74, 6) is -0.862. The Bertz CT molecular complexity index is 1020. The van der Waals surface area contributed by atoms with Gasteiger partial charge >= 0.3 is 5.97 Å². The maximum atomic E-state index is 11.2. The van der Waals surface area contributed by atoms with Gasteiger partial charge in [-0.2, -0.15) is 0 Å². The van der Waals surface area contributed by atoms with E-state index in [0.717, 1.165) is 33.1 Å². The van der Waals surface area contributed by atoms with Crippen molar-refractivity contribution in [3.8, 4) is 5.00 Å². The van der Waals surface area contributed by atoms with E-state index in [4.69, 9.17) is 11.6 Å². The highest BCUT2D eigenvalue weighted by atomic mass is 35.5. The van der Waals surface area contributed by atoms with Crippen LogP contribution >= 0.6 is 22.9 Å². The third kappa shape index (κ3) is 2.65. The lowest BCUT2D eigenvalue weighted by Crippen LogP contribution is -2.06. The van der Waals surface area contributed by atoms with E-state index in [1.54, 1.807) is 16.0 Å². The standard InChI is InChI=1S/C17H13ClN4O2S/c1-2-9-7-11-14(10-5-3-4-6-12(10)18)19-8-13-20-15(17(23)24)21-22(13)16(11)25-9/h3-7H,2,8H2,1H3,(H,23,24). The molecule has 126 valence electrons. The van der Waals surface area contributed by atoms with Gasteiger partial charge in [-0.05, 0) is 18.6 Å². The fourth-order valence-electron chi connectivity index (χ4n) is 2.75. The highest BCUT2D eigenvalue weighted by Crippen LogP contribution is 2.33. The molecule has 8 heteroatoms. The number of aromatic carboxylic acids is 1. The van der Waals surface area contributed by atoms with Gasteiger partial charge in [0.15, 0.2) is 5.82 Å². The average molecular weight is 373 g/mol. The number of benzene rings is 1. The lowest BCUT2D eigenvalue weighted by atomic mass is 10.0. The number of hydrogen-bond acceptors (Lipinski definition) is 5. The van der Waals surface area contributed by atoms with Crippen LogP contribution in [-0.2, 0) is 13.0 Å². The van der Waals surface area contributed by atoms with E-state index in [1.165, 1.54) is 0 Å². The molecule has 0 saturated heterocycles. The molecule has 0 atom stereocenters. The molecular weight excluding hydrogens is 360 g/mol. The molecule has 25 heavy (non-hydrogen) atoms. The topological polar surface area (TPSA) is 80.4 Å². The van der Waals surface area contributed by atoms with Gasteiger partial charge in [0.1, 0.15) is 5.00 Å². The molecular formula is C17H13ClN4O2S. The third-order valence-corrected chi connectivity index (χ3v) is 5.52. The summed E-state index contributed by atoms with van der Waals surface area (Å²) in [6.07, 6.45) is 0.864. The normalized spacial score (nSPS) is 13.0. The molecule has 0 spiro atoms. The molecule has 0 saturated carbocycles. The molecule has 6 nitrogen and oxygen atoms in total. The van der Waals surface area contributed by atoms with Gasteiger partial charge in [-0.25, -0.2) is 14.5 Å². The zero-order valence-corrected chi connectivity index (χ0v) is 14.8. The van der Waals surface area contributed by atoms with Gasteiger partial charge in [-0.15, -0.1) is 16.4 Å². The molecule has 1 aromatic carbocycles. The maximum absolute atomic E-state index is 11.2. The van der Waals surface area contributed by atoms with E-state index in [2.05, 4.69) is 28.1 Å². The van der Waals surface area contributed by atoms with Crippen LogP contribution in [0.2, 0.25) is 5.02 Å². The predicted octanol–water partition coefficient (Wildman–Crippen LogP) is 3.59. The van der Waals surface area contributed by atoms with Crippen LogP contribution in [0.1, 0.15) is 39.4 Å². The van der Waals surface area contributed by atoms with Gasteiger partial charge in [-0.3, -0.25) is 4.99 Å². The molecule has 0 unspecified atom stereocenters. The van der Waals surface area contributed by atoms with Crippen molar-refractivity contribution in [3.63, 3.8) is 0 Å². The summed E-state index contributed by atoms with van der Waals surface area (Å²) in [5.41, 5.74) is 2.52. The molecule has 0 radical (unpaired) electrons. The highest BCUT2D eigenvalue weighted by molar-refractivity contribution is 7.15. The molecule has 1 N–H and O–H groups in total. The number of nitrogens with zero attached hydrogens (tertiary/aromatic N) is 4. The predicted molar refractivity (Wildman–Crippen MR) is 96.4 cm³/mol. The number of thiophene rings is 1. The third-order valence-electron chi connectivity index (χ3n) is 3.93. The van der Waals surface area contributed by atoms with E-state index in [-0.39, 0.29) is 12.4 Å². The zero-order chi connectivity index (χ0) is 17.6. The fraction of sp³-hybridized carbons (Fsp3) is 0.176. The molecule has 1 aliphatic rings. The van der Waals surface area contributed by atoms with Crippen molar-refractivity contribution in [1.29, 1.82) is 0 Å². The number of carbonyl (C=O) groups is 1. The Labute approximate surface area is 152 Å². The Morgan fingerprint density at radius 1 is 1.36 bits per heavy atom. The largest absolute Gasteiger partial charge is 0.475 e. The first kappa shape index (κ1) is 16.0. The van der Waals surface area contributed by atoms with Gasteiger partial charge in [-0.1, -0.05) is 36.7 Å². The second-order valence-corrected chi connectivity index (χ2v) is 7.02. The first-order chi connectivity index (χ1) is 12.1. The van der Waals surface area contributed by atoms with Crippen LogP contribution in [0.5, 0.6) is 0 Å². The maximum Gasteiger partial charge on any atom is 0.375 e. The summed E-state index contributed by atoms with van der Waals surface area (Å²) in [6.45, 7) is 2.31. The monoisotopic (exact) mass is 372 g/mol. The Hall–Kier alpha value is -2.51. The van der Waals surface area contributed by atoms with Crippen molar-refractivity contribution < 1.29 is 9.90 Å². The summed E-state index contributed by atoms with van der Waals surface area (Å²) in [6, 6.07) is 9.62. The number of carboxylic acids is 1. The van der Waals surface area contributed by atoms with Crippen molar-refractivity contribution in [3.05, 3.63) is 63.0 Å². The SMILES string of the molecule is CCc1cc2c(s1)-n1nc(C(=O)O)nc1CN=C2c1ccccc1Cl. The molecule has 3 aromatic rings. The van der Waals surface area contributed by atoms with E-state index >= 15 is 0 Å². The van der Waals surface area contributed by atoms with Crippen molar-refractivity contribution in [2.45, 2.75) is 19.9 Å². The summed E-state index contributed by atoms with van der Waals surface area (Å²) < 4.78 is 1.59. The second-order valence-electron chi connectivity index (χ2n) is 5.50. The molecule has 1 aliphatic heterocycles. The van der Waals surface area contributed by atoms with Crippen molar-refractivity contribution in [1.82, 2.24) is 14.8 Å². The molecule has 0 fully saturated rings. The van der Waals surface area contributed by atoms with Gasteiger partial charge in [0.05, 0.1) is 12.3 Å². The number of fused-ring (bicyclic) bond motifs is 3. The van der Waals surface area contributed by atoms with Crippen LogP contribution in [0.25, 0.3) is 5.00 Å². The number of halogens is 1. The summed E-state index contributed by atoms with van der Waals surface area (Å²) in [4.78, 5) is 21.2. The molecule has 0 amide bonds. The Kier molecular flexibility index (Phi) is 3.89. The van der Waals surface area contributed by atoms with Crippen molar-refractivity contribution in [2.24, 2.45) is 4.99 Å². The van der Waals surface area contributed by atoms with Gasteiger partial charge in [0, 0.05) is 21.0 Å². The van der Waals surface area contributed by atoms with Crippen molar-refractivity contribution in [2.75, 3.05) is 0 Å². The first-order valence-corrected chi connectivity index (χ1v) is 8.90. The number of rotatable bonds is 3. The first-order valence-electron chi connectivity index (χ1n) is 7.70. The van der Waals surface area contributed by atoms with Crippen molar-refractivity contribution >= 4 is 34.6 Å². The Morgan fingerprint density at radius 2 is 2.16 bits per heavy atom. The number of hydrogen-bond donors (Lipinski definition) is 1. The van der Waals surface area contributed by atoms with E-state index < -0.39 is 5.97 Å². The van der Waals surface area contributed by atoms with Crippen LogP contribution in [0, 0.1) is 0 Å². The van der Waals surface area contributed by atoms with Crippen LogP contribution in [0.15, 0.2) is 35.3 Å². The van der Waals surface area contributed by atoms with Crippen LogP contribution < -0.4 is 0 Å². The smallest absolute Gasteiger partial charge is 0.375 e. The molecule has 4 rings (SSSR count). The number of carboxylic acid groups (broad SMARTS) is 1. The van der Waals surface area contributed by atoms with Crippen LogP contribution in [-0.4, -0.2) is 31.6 Å². The second kappa shape index (κ2) is 6.09. The van der Waals surface area contributed by atoms with Crippen LogP contribution in [0.3, 0.4) is 0 Å².